The number of nitrogens with one attached hydrogen (secondary N) is 2. The molecule has 2 aromatic carbocycles. The van der Waals surface area contributed by atoms with Gasteiger partial charge in [0.15, 0.2) is 5.54 Å². The van der Waals surface area contributed by atoms with Crippen LogP contribution in [0.3, 0.4) is 0 Å². The van der Waals surface area contributed by atoms with Gasteiger partial charge < -0.3 is 15.1 Å². The first-order chi connectivity index (χ1) is 15.8. The van der Waals surface area contributed by atoms with E-state index >= 15 is 0 Å². The fourth-order valence-electron chi connectivity index (χ4n) is 3.71. The second kappa shape index (κ2) is 7.75. The summed E-state index contributed by atoms with van der Waals surface area (Å²) < 4.78 is 7.26. The van der Waals surface area contributed by atoms with Crippen LogP contribution >= 0.6 is 11.6 Å². The average molecular weight is 465 g/mol. The topological polar surface area (TPSA) is 122 Å². The molecular weight excluding hydrogens is 448 g/mol. The summed E-state index contributed by atoms with van der Waals surface area (Å²) in [5.41, 5.74) is 0.0337. The Bertz CT molecular complexity index is 1370. The number of furan rings is 1. The highest BCUT2D eigenvalue weighted by Crippen LogP contribution is 2.33. The predicted octanol–water partition coefficient (Wildman–Crippen LogP) is 3.07. The molecule has 0 spiro atoms. The highest BCUT2D eigenvalue weighted by molar-refractivity contribution is 6.31. The van der Waals surface area contributed by atoms with Crippen LogP contribution in [0.4, 0.5) is 10.5 Å². The number of para-hydroxylation sites is 1. The maximum absolute atomic E-state index is 13.2. The lowest BCUT2D eigenvalue weighted by Gasteiger charge is -2.19. The molecule has 3 heterocycles. The molecule has 2 aromatic heterocycles. The first kappa shape index (κ1) is 20.7. The number of aromatic nitrogens is 3. The van der Waals surface area contributed by atoms with E-state index in [1.807, 2.05) is 18.2 Å². The van der Waals surface area contributed by atoms with Crippen molar-refractivity contribution in [1.29, 1.82) is 0 Å². The van der Waals surface area contributed by atoms with E-state index in [9.17, 15) is 14.4 Å². The number of carbonyl (C=O) groups excluding carboxylic acids is 3. The van der Waals surface area contributed by atoms with Gasteiger partial charge in [0.1, 0.15) is 30.5 Å². The van der Waals surface area contributed by atoms with Gasteiger partial charge in [-0.1, -0.05) is 29.8 Å². The molecule has 166 valence electrons. The van der Waals surface area contributed by atoms with Gasteiger partial charge in [-0.2, -0.15) is 5.10 Å². The van der Waals surface area contributed by atoms with Gasteiger partial charge in [-0.05, 0) is 37.3 Å². The van der Waals surface area contributed by atoms with Gasteiger partial charge >= 0.3 is 6.03 Å². The summed E-state index contributed by atoms with van der Waals surface area (Å²) >= 11 is 6.08. The van der Waals surface area contributed by atoms with Crippen molar-refractivity contribution in [3.05, 3.63) is 72.0 Å². The standard InChI is InChI=1S/C22H17ClN6O4/c1-22(18-8-13-4-2-3-5-17(13)33-18)20(31)28(21(32)27-22)10-19(30)26-15-9-14(23)6-7-16(15)29-12-24-11-25-29/h2-9,11-12H,10H2,1H3,(H,26,30)(H,27,32). The maximum Gasteiger partial charge on any atom is 0.325 e. The Kier molecular flexibility index (Phi) is 4.86. The second-order valence-electron chi connectivity index (χ2n) is 7.64. The van der Waals surface area contributed by atoms with Gasteiger partial charge in [0.2, 0.25) is 5.91 Å². The average Bonchev–Trinajstić information content (AvgIpc) is 3.50. The van der Waals surface area contributed by atoms with Crippen LogP contribution in [0.2, 0.25) is 5.02 Å². The van der Waals surface area contributed by atoms with Crippen molar-refractivity contribution in [2.45, 2.75) is 12.5 Å². The van der Waals surface area contributed by atoms with Gasteiger partial charge in [-0.25, -0.2) is 14.5 Å². The zero-order valence-corrected chi connectivity index (χ0v) is 18.0. The van der Waals surface area contributed by atoms with E-state index in [0.717, 1.165) is 10.3 Å². The number of anilines is 1. The lowest BCUT2D eigenvalue weighted by Crippen LogP contribution is -2.41. The van der Waals surface area contributed by atoms with E-state index in [0.29, 0.717) is 22.0 Å². The van der Waals surface area contributed by atoms with Crippen molar-refractivity contribution in [3.63, 3.8) is 0 Å². The number of hydrogen-bond donors (Lipinski definition) is 2. The molecule has 5 rings (SSSR count). The van der Waals surface area contributed by atoms with Crippen molar-refractivity contribution in [3.8, 4) is 5.69 Å². The minimum atomic E-state index is -1.43. The van der Waals surface area contributed by atoms with Crippen molar-refractivity contribution in [2.75, 3.05) is 11.9 Å². The Hall–Kier alpha value is -4.18. The fourth-order valence-corrected chi connectivity index (χ4v) is 3.88. The summed E-state index contributed by atoms with van der Waals surface area (Å²) in [7, 11) is 0. The van der Waals surface area contributed by atoms with Crippen molar-refractivity contribution >= 4 is 46.1 Å². The maximum atomic E-state index is 13.2. The molecule has 1 aliphatic rings. The van der Waals surface area contributed by atoms with E-state index in [1.54, 1.807) is 37.3 Å². The Morgan fingerprint density at radius 3 is 2.79 bits per heavy atom. The van der Waals surface area contributed by atoms with Crippen LogP contribution in [0.5, 0.6) is 0 Å². The summed E-state index contributed by atoms with van der Waals surface area (Å²) in [6, 6.07) is 13.1. The van der Waals surface area contributed by atoms with Crippen molar-refractivity contribution in [2.24, 2.45) is 0 Å². The zero-order chi connectivity index (χ0) is 23.2. The van der Waals surface area contributed by atoms with Gasteiger partial charge in [0.25, 0.3) is 5.91 Å². The van der Waals surface area contributed by atoms with E-state index in [4.69, 9.17) is 16.0 Å². The predicted molar refractivity (Wildman–Crippen MR) is 119 cm³/mol. The third kappa shape index (κ3) is 3.60. The number of hydrogen-bond acceptors (Lipinski definition) is 6. The van der Waals surface area contributed by atoms with E-state index in [2.05, 4.69) is 20.7 Å². The molecule has 0 saturated carbocycles. The molecule has 1 fully saturated rings. The number of rotatable bonds is 5. The zero-order valence-electron chi connectivity index (χ0n) is 17.3. The first-order valence-corrected chi connectivity index (χ1v) is 10.3. The van der Waals surface area contributed by atoms with Crippen LogP contribution in [0, 0.1) is 0 Å². The molecule has 0 radical (unpaired) electrons. The number of halogens is 1. The molecule has 0 aliphatic carbocycles. The molecule has 4 aromatic rings. The number of nitrogens with zero attached hydrogens (tertiary/aromatic N) is 4. The summed E-state index contributed by atoms with van der Waals surface area (Å²) in [6.07, 6.45) is 2.82. The Morgan fingerprint density at radius 2 is 2.03 bits per heavy atom. The lowest BCUT2D eigenvalue weighted by atomic mass is 9.99. The SMILES string of the molecule is CC1(c2cc3ccccc3o2)NC(=O)N(CC(=O)Nc2cc(Cl)ccc2-n2cncn2)C1=O. The van der Waals surface area contributed by atoms with Crippen LogP contribution in [-0.2, 0) is 15.1 Å². The van der Waals surface area contributed by atoms with Crippen molar-refractivity contribution < 1.29 is 18.8 Å². The summed E-state index contributed by atoms with van der Waals surface area (Å²) in [6.45, 7) is 1.05. The molecule has 10 nitrogen and oxygen atoms in total. The largest absolute Gasteiger partial charge is 0.458 e. The van der Waals surface area contributed by atoms with Crippen LogP contribution in [0.15, 0.2) is 65.6 Å². The first-order valence-electron chi connectivity index (χ1n) is 9.93. The smallest absolute Gasteiger partial charge is 0.325 e. The number of urea groups is 1. The monoisotopic (exact) mass is 464 g/mol. The fraction of sp³-hybridized carbons (Fsp3) is 0.136. The van der Waals surface area contributed by atoms with Crippen LogP contribution in [0.25, 0.3) is 16.7 Å². The molecule has 4 amide bonds. The van der Waals surface area contributed by atoms with Gasteiger partial charge in [-0.3, -0.25) is 14.5 Å². The molecule has 1 unspecified atom stereocenters. The van der Waals surface area contributed by atoms with Gasteiger partial charge in [0.05, 0.1) is 11.4 Å². The van der Waals surface area contributed by atoms with E-state index < -0.39 is 29.9 Å². The summed E-state index contributed by atoms with van der Waals surface area (Å²) in [4.78, 5) is 43.3. The van der Waals surface area contributed by atoms with E-state index in [1.165, 1.54) is 17.3 Å². The molecule has 1 saturated heterocycles. The number of carbonyl (C=O) groups is 3. The van der Waals surface area contributed by atoms with E-state index in [-0.39, 0.29) is 5.76 Å². The van der Waals surface area contributed by atoms with Crippen LogP contribution < -0.4 is 10.6 Å². The van der Waals surface area contributed by atoms with Gasteiger partial charge in [-0.15, -0.1) is 0 Å². The molecule has 33 heavy (non-hydrogen) atoms. The minimum Gasteiger partial charge on any atom is -0.458 e. The second-order valence-corrected chi connectivity index (χ2v) is 8.08. The number of imide groups is 1. The highest BCUT2D eigenvalue weighted by Gasteiger charge is 2.51. The molecular formula is C22H17ClN6O4. The minimum absolute atomic E-state index is 0.285. The third-order valence-corrected chi connectivity index (χ3v) is 5.63. The third-order valence-electron chi connectivity index (χ3n) is 5.39. The highest BCUT2D eigenvalue weighted by atomic mass is 35.5. The molecule has 2 N–H and O–H groups in total. The Balaban J connectivity index is 1.37. The van der Waals surface area contributed by atoms with Crippen LogP contribution in [0.1, 0.15) is 12.7 Å². The molecule has 1 atom stereocenters. The Morgan fingerprint density at radius 1 is 1.21 bits per heavy atom. The summed E-state index contributed by atoms with van der Waals surface area (Å²) in [5, 5.41) is 10.6. The lowest BCUT2D eigenvalue weighted by molar-refractivity contribution is -0.134. The number of fused-ring (bicyclic) bond motifs is 1. The molecule has 11 heteroatoms. The summed E-state index contributed by atoms with van der Waals surface area (Å²) in [5.74, 6) is -0.895. The number of benzene rings is 2. The van der Waals surface area contributed by atoms with Crippen molar-refractivity contribution in [1.82, 2.24) is 25.0 Å². The normalized spacial score (nSPS) is 18.1. The molecule has 1 aliphatic heterocycles. The van der Waals surface area contributed by atoms with Crippen LogP contribution in [-0.4, -0.2) is 44.1 Å². The molecule has 0 bridgehead atoms. The Labute approximate surface area is 192 Å². The van der Waals surface area contributed by atoms with Gasteiger partial charge in [0, 0.05) is 10.4 Å². The number of amides is 4. The quantitative estimate of drug-likeness (QED) is 0.438.